The number of Topliss-reactive ketones (excluding diaryl/α,β-unsaturated/α-hetero) is 2. The van der Waals surface area contributed by atoms with Gasteiger partial charge in [-0.05, 0) is 12.1 Å². The number of hydrogen-bond donors (Lipinski definition) is 0. The molecule has 1 aromatic carbocycles. The fourth-order valence-electron chi connectivity index (χ4n) is 1.25. The molecule has 0 saturated heterocycles. The Balaban J connectivity index is 2.62. The average molecular weight is 208 g/mol. The van der Waals surface area contributed by atoms with Gasteiger partial charge in [0.1, 0.15) is 11.6 Å². The maximum atomic E-state index is 13.1. The normalized spacial score (nSPS) is 10.0. The van der Waals surface area contributed by atoms with Crippen molar-refractivity contribution in [1.29, 1.82) is 0 Å². The average Bonchev–Trinajstić information content (AvgIpc) is 2.26. The van der Waals surface area contributed by atoms with Gasteiger partial charge in [0, 0.05) is 19.3 Å². The standard InChI is InChI=1S/C12H13FO2/c1-2-9(14)7-8-12(15)10-5-3-4-6-11(10)13/h3-6H,2,7-8H2,1H3. The lowest BCUT2D eigenvalue weighted by Crippen LogP contribution is -2.05. The summed E-state index contributed by atoms with van der Waals surface area (Å²) in [6, 6.07) is 5.82. The predicted molar refractivity (Wildman–Crippen MR) is 55.3 cm³/mol. The molecule has 15 heavy (non-hydrogen) atoms. The second kappa shape index (κ2) is 5.39. The highest BCUT2D eigenvalue weighted by Crippen LogP contribution is 2.10. The molecular weight excluding hydrogens is 195 g/mol. The van der Waals surface area contributed by atoms with Crippen molar-refractivity contribution in [1.82, 2.24) is 0 Å². The van der Waals surface area contributed by atoms with Gasteiger partial charge in [-0.3, -0.25) is 9.59 Å². The Hall–Kier alpha value is -1.51. The van der Waals surface area contributed by atoms with Crippen molar-refractivity contribution >= 4 is 11.6 Å². The number of ketones is 2. The third kappa shape index (κ3) is 3.27. The maximum absolute atomic E-state index is 13.1. The van der Waals surface area contributed by atoms with Crippen LogP contribution in [-0.4, -0.2) is 11.6 Å². The molecule has 0 aromatic heterocycles. The Bertz CT molecular complexity index is 372. The van der Waals surface area contributed by atoms with Gasteiger partial charge >= 0.3 is 0 Å². The first-order valence-electron chi connectivity index (χ1n) is 4.94. The van der Waals surface area contributed by atoms with Gasteiger partial charge in [0.25, 0.3) is 0 Å². The Labute approximate surface area is 88.1 Å². The third-order valence-corrected chi connectivity index (χ3v) is 2.20. The summed E-state index contributed by atoms with van der Waals surface area (Å²) in [6.07, 6.45) is 0.710. The van der Waals surface area contributed by atoms with Crippen LogP contribution in [0.1, 0.15) is 36.5 Å². The molecule has 0 aliphatic carbocycles. The highest BCUT2D eigenvalue weighted by Gasteiger charge is 2.11. The summed E-state index contributed by atoms with van der Waals surface area (Å²) in [4.78, 5) is 22.5. The van der Waals surface area contributed by atoms with E-state index < -0.39 is 5.82 Å². The van der Waals surface area contributed by atoms with Gasteiger partial charge in [-0.2, -0.15) is 0 Å². The molecule has 1 aromatic rings. The maximum Gasteiger partial charge on any atom is 0.166 e. The molecule has 80 valence electrons. The molecule has 0 amide bonds. The van der Waals surface area contributed by atoms with E-state index in [4.69, 9.17) is 0 Å². The van der Waals surface area contributed by atoms with Crippen molar-refractivity contribution in [3.63, 3.8) is 0 Å². The highest BCUT2D eigenvalue weighted by molar-refractivity contribution is 5.98. The molecule has 0 saturated carbocycles. The topological polar surface area (TPSA) is 34.1 Å². The summed E-state index contributed by atoms with van der Waals surface area (Å²) < 4.78 is 13.1. The lowest BCUT2D eigenvalue weighted by atomic mass is 10.0. The molecule has 2 nitrogen and oxygen atoms in total. The zero-order valence-corrected chi connectivity index (χ0v) is 8.63. The Kier molecular flexibility index (Phi) is 4.16. The van der Waals surface area contributed by atoms with Crippen LogP contribution in [0.2, 0.25) is 0 Å². The summed E-state index contributed by atoms with van der Waals surface area (Å²) in [5, 5.41) is 0. The largest absolute Gasteiger partial charge is 0.300 e. The SMILES string of the molecule is CCC(=O)CCC(=O)c1ccccc1F. The second-order valence-corrected chi connectivity index (χ2v) is 3.30. The fraction of sp³-hybridized carbons (Fsp3) is 0.333. The zero-order chi connectivity index (χ0) is 11.3. The van der Waals surface area contributed by atoms with E-state index in [9.17, 15) is 14.0 Å². The van der Waals surface area contributed by atoms with Crippen LogP contribution in [0, 0.1) is 5.82 Å². The third-order valence-electron chi connectivity index (χ3n) is 2.20. The van der Waals surface area contributed by atoms with Crippen molar-refractivity contribution in [2.45, 2.75) is 26.2 Å². The van der Waals surface area contributed by atoms with Crippen molar-refractivity contribution in [3.8, 4) is 0 Å². The molecule has 0 aliphatic rings. The lowest BCUT2D eigenvalue weighted by Gasteiger charge is -2.01. The Morgan fingerprint density at radius 1 is 1.20 bits per heavy atom. The van der Waals surface area contributed by atoms with Gasteiger partial charge in [-0.15, -0.1) is 0 Å². The second-order valence-electron chi connectivity index (χ2n) is 3.30. The lowest BCUT2D eigenvalue weighted by molar-refractivity contribution is -0.118. The Morgan fingerprint density at radius 2 is 1.87 bits per heavy atom. The molecule has 0 radical (unpaired) electrons. The molecule has 0 bridgehead atoms. The van der Waals surface area contributed by atoms with Crippen molar-refractivity contribution in [2.75, 3.05) is 0 Å². The van der Waals surface area contributed by atoms with Gasteiger partial charge in [-0.1, -0.05) is 19.1 Å². The van der Waals surface area contributed by atoms with Gasteiger partial charge in [0.2, 0.25) is 0 Å². The summed E-state index contributed by atoms with van der Waals surface area (Å²) in [6.45, 7) is 1.75. The number of carbonyl (C=O) groups excluding carboxylic acids is 2. The van der Waals surface area contributed by atoms with E-state index in [-0.39, 0.29) is 30.0 Å². The van der Waals surface area contributed by atoms with Crippen LogP contribution in [0.5, 0.6) is 0 Å². The van der Waals surface area contributed by atoms with Crippen LogP contribution in [0.15, 0.2) is 24.3 Å². The van der Waals surface area contributed by atoms with Crippen LogP contribution in [0.3, 0.4) is 0 Å². The summed E-state index contributed by atoms with van der Waals surface area (Å²) >= 11 is 0. The van der Waals surface area contributed by atoms with Crippen molar-refractivity contribution < 1.29 is 14.0 Å². The molecule has 1 rings (SSSR count). The van der Waals surface area contributed by atoms with Crippen LogP contribution in [0.4, 0.5) is 4.39 Å². The van der Waals surface area contributed by atoms with Crippen LogP contribution in [-0.2, 0) is 4.79 Å². The minimum Gasteiger partial charge on any atom is -0.300 e. The van der Waals surface area contributed by atoms with E-state index in [1.807, 2.05) is 0 Å². The first-order chi connectivity index (χ1) is 7.15. The van der Waals surface area contributed by atoms with E-state index >= 15 is 0 Å². The summed E-state index contributed by atoms with van der Waals surface area (Å²) in [5.74, 6) is -0.805. The fourth-order valence-corrected chi connectivity index (χ4v) is 1.25. The number of benzene rings is 1. The van der Waals surface area contributed by atoms with Crippen LogP contribution >= 0.6 is 0 Å². The number of rotatable bonds is 5. The summed E-state index contributed by atoms with van der Waals surface area (Å²) in [7, 11) is 0. The van der Waals surface area contributed by atoms with Gasteiger partial charge in [0.15, 0.2) is 5.78 Å². The predicted octanol–water partition coefficient (Wildman–Crippen LogP) is 2.77. The van der Waals surface area contributed by atoms with E-state index in [0.717, 1.165) is 0 Å². The number of hydrogen-bond acceptors (Lipinski definition) is 2. The van der Waals surface area contributed by atoms with Gasteiger partial charge in [0.05, 0.1) is 5.56 Å². The molecule has 0 spiro atoms. The molecule has 3 heteroatoms. The van der Waals surface area contributed by atoms with Crippen molar-refractivity contribution in [2.24, 2.45) is 0 Å². The van der Waals surface area contributed by atoms with Crippen LogP contribution in [0.25, 0.3) is 0 Å². The van der Waals surface area contributed by atoms with Gasteiger partial charge < -0.3 is 0 Å². The first kappa shape index (κ1) is 11.6. The molecule has 0 fully saturated rings. The Morgan fingerprint density at radius 3 is 2.47 bits per heavy atom. The smallest absolute Gasteiger partial charge is 0.166 e. The minimum absolute atomic E-state index is 0.0275. The molecule has 0 heterocycles. The highest BCUT2D eigenvalue weighted by atomic mass is 19.1. The quantitative estimate of drug-likeness (QED) is 0.697. The summed E-state index contributed by atoms with van der Waals surface area (Å²) in [5.41, 5.74) is 0.0707. The zero-order valence-electron chi connectivity index (χ0n) is 8.63. The van der Waals surface area contributed by atoms with Crippen molar-refractivity contribution in [3.05, 3.63) is 35.6 Å². The molecule has 0 unspecified atom stereocenters. The monoisotopic (exact) mass is 208 g/mol. The first-order valence-corrected chi connectivity index (χ1v) is 4.94. The van der Waals surface area contributed by atoms with E-state index in [0.29, 0.717) is 6.42 Å². The minimum atomic E-state index is -0.522. The molecule has 0 atom stereocenters. The molecule has 0 aliphatic heterocycles. The van der Waals surface area contributed by atoms with E-state index in [1.54, 1.807) is 13.0 Å². The van der Waals surface area contributed by atoms with Gasteiger partial charge in [-0.25, -0.2) is 4.39 Å². The number of carbonyl (C=O) groups is 2. The van der Waals surface area contributed by atoms with E-state index in [2.05, 4.69) is 0 Å². The number of halogens is 1. The van der Waals surface area contributed by atoms with Crippen LogP contribution < -0.4 is 0 Å². The molecular formula is C12H13FO2. The van der Waals surface area contributed by atoms with E-state index in [1.165, 1.54) is 18.2 Å². The molecule has 0 N–H and O–H groups in total.